The number of nitrogens with zero attached hydrogens (tertiary/aromatic N) is 2. The van der Waals surface area contributed by atoms with Crippen LogP contribution in [0.15, 0.2) is 65.5 Å². The van der Waals surface area contributed by atoms with Gasteiger partial charge in [0.2, 0.25) is 0 Å². The highest BCUT2D eigenvalue weighted by atomic mass is 16.5. The van der Waals surface area contributed by atoms with Crippen molar-refractivity contribution in [3.05, 3.63) is 71.1 Å². The maximum atomic E-state index is 12.6. The van der Waals surface area contributed by atoms with Crippen molar-refractivity contribution in [1.29, 1.82) is 0 Å². The predicted molar refractivity (Wildman–Crippen MR) is 111 cm³/mol. The summed E-state index contributed by atoms with van der Waals surface area (Å²) >= 11 is 0. The zero-order chi connectivity index (χ0) is 19.8. The molecule has 1 heterocycles. The second-order valence-electron chi connectivity index (χ2n) is 6.83. The Balaban J connectivity index is 1.55. The first kappa shape index (κ1) is 17.9. The highest BCUT2D eigenvalue weighted by molar-refractivity contribution is 5.96. The van der Waals surface area contributed by atoms with E-state index >= 15 is 0 Å². The maximum Gasteiger partial charge on any atom is 0.328 e. The zero-order valence-electron chi connectivity index (χ0n) is 16.0. The Hall–Kier alpha value is -3.54. The van der Waals surface area contributed by atoms with Gasteiger partial charge in [-0.2, -0.15) is 0 Å². The van der Waals surface area contributed by atoms with Crippen LogP contribution in [0.2, 0.25) is 0 Å². The summed E-state index contributed by atoms with van der Waals surface area (Å²) in [5, 5.41) is 4.89. The lowest BCUT2D eigenvalue weighted by molar-refractivity contribution is -0.122. The molecule has 0 fully saturated rings. The molecular weight excluding hydrogens is 354 g/mol. The van der Waals surface area contributed by atoms with Crippen LogP contribution in [0.3, 0.4) is 0 Å². The highest BCUT2D eigenvalue weighted by Crippen LogP contribution is 2.26. The minimum atomic E-state index is -0.680. The van der Waals surface area contributed by atoms with Gasteiger partial charge in [0.05, 0.1) is 11.0 Å². The van der Waals surface area contributed by atoms with Gasteiger partial charge in [-0.05, 0) is 36.6 Å². The Kier molecular flexibility index (Phi) is 4.39. The van der Waals surface area contributed by atoms with Crippen molar-refractivity contribution in [3.63, 3.8) is 0 Å². The van der Waals surface area contributed by atoms with Gasteiger partial charge in [-0.3, -0.25) is 13.9 Å². The van der Waals surface area contributed by atoms with Crippen LogP contribution in [-0.4, -0.2) is 21.1 Å². The number of carbonyl (C=O) groups excluding carboxylic acids is 1. The van der Waals surface area contributed by atoms with Crippen molar-refractivity contribution < 1.29 is 9.53 Å². The molecule has 0 aliphatic rings. The molecule has 4 aromatic rings. The summed E-state index contributed by atoms with van der Waals surface area (Å²) in [6, 6.07) is 19.1. The first-order valence-electron chi connectivity index (χ1n) is 9.06. The van der Waals surface area contributed by atoms with E-state index in [1.54, 1.807) is 42.3 Å². The number of amides is 1. The molecule has 1 aromatic heterocycles. The van der Waals surface area contributed by atoms with Crippen LogP contribution in [0.25, 0.3) is 21.8 Å². The molecule has 0 spiro atoms. The molecule has 0 unspecified atom stereocenters. The molecule has 6 heteroatoms. The predicted octanol–water partition coefficient (Wildman–Crippen LogP) is 3.44. The molecule has 0 saturated heterocycles. The van der Waals surface area contributed by atoms with Crippen LogP contribution in [0, 0.1) is 0 Å². The second-order valence-corrected chi connectivity index (χ2v) is 6.83. The molecule has 0 saturated carbocycles. The largest absolute Gasteiger partial charge is 0.480 e. The van der Waals surface area contributed by atoms with Gasteiger partial charge < -0.3 is 10.1 Å². The molecular formula is C22H21N3O3. The lowest BCUT2D eigenvalue weighted by atomic mass is 10.1. The standard InChI is InChI=1S/C22H21N3O3/c1-14(28-20-10-6-8-15-7-4-5-9-17(15)20)21(26)23-16-11-12-18-19(13-16)25(3)22(27)24(18)2/h4-14H,1-3H3,(H,23,26)/t14-/m1/s1. The fourth-order valence-corrected chi connectivity index (χ4v) is 3.37. The zero-order valence-corrected chi connectivity index (χ0v) is 16.0. The van der Waals surface area contributed by atoms with Crippen LogP contribution < -0.4 is 15.7 Å². The molecule has 0 radical (unpaired) electrons. The van der Waals surface area contributed by atoms with Crippen molar-refractivity contribution in [1.82, 2.24) is 9.13 Å². The Morgan fingerprint density at radius 1 is 0.964 bits per heavy atom. The number of hydrogen-bond donors (Lipinski definition) is 1. The number of anilines is 1. The monoisotopic (exact) mass is 375 g/mol. The molecule has 0 aliphatic heterocycles. The van der Waals surface area contributed by atoms with E-state index in [0.29, 0.717) is 11.4 Å². The molecule has 1 N–H and O–H groups in total. The minimum absolute atomic E-state index is 0.105. The number of nitrogens with one attached hydrogen (secondary N) is 1. The number of fused-ring (bicyclic) bond motifs is 2. The van der Waals surface area contributed by atoms with E-state index in [-0.39, 0.29) is 11.6 Å². The van der Waals surface area contributed by atoms with E-state index in [9.17, 15) is 9.59 Å². The number of rotatable bonds is 4. The number of hydrogen-bond acceptors (Lipinski definition) is 3. The average Bonchev–Trinajstić information content (AvgIpc) is 2.92. The van der Waals surface area contributed by atoms with Gasteiger partial charge in [0.15, 0.2) is 6.10 Å². The van der Waals surface area contributed by atoms with Gasteiger partial charge in [-0.15, -0.1) is 0 Å². The van der Waals surface area contributed by atoms with Crippen molar-refractivity contribution in [3.8, 4) is 5.75 Å². The Morgan fingerprint density at radius 3 is 2.50 bits per heavy atom. The molecule has 4 rings (SSSR count). The maximum absolute atomic E-state index is 12.6. The molecule has 0 aliphatic carbocycles. The van der Waals surface area contributed by atoms with Crippen LogP contribution in [-0.2, 0) is 18.9 Å². The lowest BCUT2D eigenvalue weighted by Gasteiger charge is -2.16. The Labute approximate surface area is 162 Å². The molecule has 3 aromatic carbocycles. The van der Waals surface area contributed by atoms with Crippen LogP contribution >= 0.6 is 0 Å². The van der Waals surface area contributed by atoms with E-state index in [4.69, 9.17) is 4.74 Å². The number of carbonyl (C=O) groups is 1. The highest BCUT2D eigenvalue weighted by Gasteiger charge is 2.17. The number of aryl methyl sites for hydroxylation is 2. The van der Waals surface area contributed by atoms with E-state index in [0.717, 1.165) is 21.8 Å². The summed E-state index contributed by atoms with van der Waals surface area (Å²) in [6.45, 7) is 1.72. The third kappa shape index (κ3) is 3.03. The lowest BCUT2D eigenvalue weighted by Crippen LogP contribution is -2.30. The average molecular weight is 375 g/mol. The Bertz CT molecular complexity index is 1250. The van der Waals surface area contributed by atoms with E-state index < -0.39 is 6.10 Å². The van der Waals surface area contributed by atoms with Crippen LogP contribution in [0.1, 0.15) is 6.92 Å². The van der Waals surface area contributed by atoms with Crippen LogP contribution in [0.4, 0.5) is 5.69 Å². The van der Waals surface area contributed by atoms with Crippen molar-refractivity contribution in [2.45, 2.75) is 13.0 Å². The van der Waals surface area contributed by atoms with Gasteiger partial charge >= 0.3 is 5.69 Å². The van der Waals surface area contributed by atoms with Crippen molar-refractivity contribution >= 4 is 33.4 Å². The minimum Gasteiger partial charge on any atom is -0.480 e. The quantitative estimate of drug-likeness (QED) is 0.594. The first-order chi connectivity index (χ1) is 13.5. The number of benzene rings is 3. The molecule has 1 amide bonds. The number of imidazole rings is 1. The SMILES string of the molecule is C[C@@H](Oc1cccc2ccccc12)C(=O)Nc1ccc2c(c1)n(C)c(=O)n2C. The second kappa shape index (κ2) is 6.88. The summed E-state index contributed by atoms with van der Waals surface area (Å²) < 4.78 is 9.06. The van der Waals surface area contributed by atoms with Crippen LogP contribution in [0.5, 0.6) is 5.75 Å². The molecule has 0 bridgehead atoms. The molecule has 142 valence electrons. The molecule has 6 nitrogen and oxygen atoms in total. The van der Waals surface area contributed by atoms with E-state index in [1.165, 1.54) is 0 Å². The third-order valence-electron chi connectivity index (χ3n) is 4.96. The Morgan fingerprint density at radius 2 is 1.68 bits per heavy atom. The summed E-state index contributed by atoms with van der Waals surface area (Å²) in [5.74, 6) is 0.412. The summed E-state index contributed by atoms with van der Waals surface area (Å²) in [7, 11) is 3.44. The topological polar surface area (TPSA) is 65.3 Å². The van der Waals surface area contributed by atoms with Gasteiger partial charge in [0.25, 0.3) is 5.91 Å². The van der Waals surface area contributed by atoms with Crippen molar-refractivity contribution in [2.75, 3.05) is 5.32 Å². The van der Waals surface area contributed by atoms with Gasteiger partial charge in [-0.25, -0.2) is 4.79 Å². The fourth-order valence-electron chi connectivity index (χ4n) is 3.37. The molecule has 28 heavy (non-hydrogen) atoms. The third-order valence-corrected chi connectivity index (χ3v) is 4.96. The van der Waals surface area contributed by atoms with Gasteiger partial charge in [0, 0.05) is 25.2 Å². The summed E-state index contributed by atoms with van der Waals surface area (Å²) in [6.07, 6.45) is -0.680. The summed E-state index contributed by atoms with van der Waals surface area (Å²) in [5.41, 5.74) is 2.08. The smallest absolute Gasteiger partial charge is 0.328 e. The fraction of sp³-hybridized carbons (Fsp3) is 0.182. The summed E-state index contributed by atoms with van der Waals surface area (Å²) in [4.78, 5) is 24.7. The number of ether oxygens (including phenoxy) is 1. The van der Waals surface area contributed by atoms with Gasteiger partial charge in [0.1, 0.15) is 5.75 Å². The molecule has 1 atom stereocenters. The number of aromatic nitrogens is 2. The van der Waals surface area contributed by atoms with Crippen molar-refractivity contribution in [2.24, 2.45) is 14.1 Å². The first-order valence-corrected chi connectivity index (χ1v) is 9.06. The van der Waals surface area contributed by atoms with E-state index in [1.807, 2.05) is 48.5 Å². The van der Waals surface area contributed by atoms with E-state index in [2.05, 4.69) is 5.32 Å². The van der Waals surface area contributed by atoms with Gasteiger partial charge in [-0.1, -0.05) is 36.4 Å². The normalized spacial score (nSPS) is 12.2.